The lowest BCUT2D eigenvalue weighted by atomic mass is 9.82. The van der Waals surface area contributed by atoms with Crippen LogP contribution < -0.4 is 0 Å². The van der Waals surface area contributed by atoms with Crippen molar-refractivity contribution in [2.24, 2.45) is 0 Å². The first kappa shape index (κ1) is 37.5. The van der Waals surface area contributed by atoms with Gasteiger partial charge in [-0.3, -0.25) is 9.55 Å². The van der Waals surface area contributed by atoms with Crippen LogP contribution in [0.4, 0.5) is 0 Å². The van der Waals surface area contributed by atoms with Crippen LogP contribution in [-0.2, 0) is 0 Å². The highest BCUT2D eigenvalue weighted by Crippen LogP contribution is 2.48. The largest absolute Gasteiger partial charge is 0.275 e. The van der Waals surface area contributed by atoms with Gasteiger partial charge in [0.15, 0.2) is 5.82 Å². The standard InChI is InChI=1S/C60H42N4/c1-38(2)42-26-29-49-53(34-42)59(51-36-45-16-6-7-17-46(45)47-18-8-9-19-48(47)51)50-30-27-43(35-52(50)58(49)41-14-4-3-5-15-41)39-22-24-40(25-23-39)44-28-31-54-56(37-44)64(57-21-11-13-33-62-57)60(63-54)55-20-10-12-32-61-55/h3-38H,1-2H3. The molecule has 0 aliphatic carbocycles. The fourth-order valence-corrected chi connectivity index (χ4v) is 9.75. The SMILES string of the molecule is CC(C)c1ccc2c(-c3ccccc3)c3cc(-c4ccc(-c5ccc6nc(-c7ccccn7)n(-c7ccccn7)c6c5)cc4)ccc3c(-c3cc4ccccc4c4ccccc34)c2c1. The third-order valence-corrected chi connectivity index (χ3v) is 12.9. The summed E-state index contributed by atoms with van der Waals surface area (Å²) in [6.07, 6.45) is 3.62. The summed E-state index contributed by atoms with van der Waals surface area (Å²) < 4.78 is 2.11. The maximum Gasteiger partial charge on any atom is 0.165 e. The van der Waals surface area contributed by atoms with Gasteiger partial charge in [-0.2, -0.15) is 0 Å². The highest BCUT2D eigenvalue weighted by Gasteiger charge is 2.22. The minimum atomic E-state index is 0.390. The van der Waals surface area contributed by atoms with Gasteiger partial charge in [0, 0.05) is 12.4 Å². The van der Waals surface area contributed by atoms with E-state index >= 15 is 0 Å². The normalized spacial score (nSPS) is 11.7. The molecule has 0 radical (unpaired) electrons. The van der Waals surface area contributed by atoms with Gasteiger partial charge < -0.3 is 0 Å². The van der Waals surface area contributed by atoms with E-state index in [9.17, 15) is 0 Å². The maximum absolute atomic E-state index is 5.05. The number of hydrogen-bond acceptors (Lipinski definition) is 3. The van der Waals surface area contributed by atoms with Crippen LogP contribution in [0.5, 0.6) is 0 Å². The second kappa shape index (κ2) is 15.3. The Morgan fingerprint density at radius 2 is 1.03 bits per heavy atom. The van der Waals surface area contributed by atoms with Crippen LogP contribution in [0.25, 0.3) is 116 Å². The summed E-state index contributed by atoms with van der Waals surface area (Å²) in [5.74, 6) is 1.95. The molecule has 0 aliphatic rings. The Morgan fingerprint density at radius 3 is 1.78 bits per heavy atom. The molecular weight excluding hydrogens is 777 g/mol. The number of benzene rings is 9. The van der Waals surface area contributed by atoms with E-state index in [1.807, 2.05) is 42.6 Å². The number of imidazole rings is 1. The van der Waals surface area contributed by atoms with Crippen LogP contribution in [-0.4, -0.2) is 19.5 Å². The molecule has 12 aromatic rings. The number of hydrogen-bond donors (Lipinski definition) is 0. The molecule has 64 heavy (non-hydrogen) atoms. The molecule has 4 nitrogen and oxygen atoms in total. The zero-order valence-corrected chi connectivity index (χ0v) is 35.6. The van der Waals surface area contributed by atoms with E-state index in [0.29, 0.717) is 5.92 Å². The summed E-state index contributed by atoms with van der Waals surface area (Å²) in [6, 6.07) is 72.7. The number of pyridine rings is 2. The average Bonchev–Trinajstić information content (AvgIpc) is 3.75. The van der Waals surface area contributed by atoms with E-state index in [4.69, 9.17) is 9.97 Å². The van der Waals surface area contributed by atoms with Gasteiger partial charge >= 0.3 is 0 Å². The Balaban J connectivity index is 1.05. The van der Waals surface area contributed by atoms with Crippen molar-refractivity contribution in [1.29, 1.82) is 0 Å². The van der Waals surface area contributed by atoms with Gasteiger partial charge in [-0.1, -0.05) is 166 Å². The van der Waals surface area contributed by atoms with Crippen molar-refractivity contribution in [3.05, 3.63) is 218 Å². The lowest BCUT2D eigenvalue weighted by Gasteiger charge is -2.21. The highest BCUT2D eigenvalue weighted by molar-refractivity contribution is 6.26. The van der Waals surface area contributed by atoms with Crippen molar-refractivity contribution in [2.45, 2.75) is 19.8 Å². The van der Waals surface area contributed by atoms with Crippen LogP contribution in [0.15, 0.2) is 213 Å². The Labute approximate surface area is 371 Å². The molecule has 12 rings (SSSR count). The average molecular weight is 819 g/mol. The second-order valence-corrected chi connectivity index (χ2v) is 17.0. The van der Waals surface area contributed by atoms with Crippen molar-refractivity contribution in [3.8, 4) is 61.8 Å². The lowest BCUT2D eigenvalue weighted by molar-refractivity contribution is 0.869. The van der Waals surface area contributed by atoms with E-state index < -0.39 is 0 Å². The topological polar surface area (TPSA) is 43.6 Å². The van der Waals surface area contributed by atoms with E-state index in [2.05, 4.69) is 187 Å². The van der Waals surface area contributed by atoms with Crippen molar-refractivity contribution in [3.63, 3.8) is 0 Å². The first-order valence-corrected chi connectivity index (χ1v) is 22.0. The Hall–Kier alpha value is -8.21. The zero-order chi connectivity index (χ0) is 42.7. The van der Waals surface area contributed by atoms with E-state index in [1.54, 1.807) is 6.20 Å². The first-order valence-electron chi connectivity index (χ1n) is 22.0. The van der Waals surface area contributed by atoms with Gasteiger partial charge in [0.05, 0.1) is 11.0 Å². The molecule has 0 unspecified atom stereocenters. The first-order chi connectivity index (χ1) is 31.6. The molecule has 0 bridgehead atoms. The van der Waals surface area contributed by atoms with Gasteiger partial charge in [0.2, 0.25) is 0 Å². The van der Waals surface area contributed by atoms with Gasteiger partial charge in [0.1, 0.15) is 11.5 Å². The number of nitrogens with zero attached hydrogens (tertiary/aromatic N) is 4. The van der Waals surface area contributed by atoms with E-state index in [1.165, 1.54) is 76.5 Å². The molecule has 0 atom stereocenters. The minimum absolute atomic E-state index is 0.390. The lowest BCUT2D eigenvalue weighted by Crippen LogP contribution is -2.00. The van der Waals surface area contributed by atoms with Crippen molar-refractivity contribution >= 4 is 54.1 Å². The Kier molecular flexibility index (Phi) is 8.98. The van der Waals surface area contributed by atoms with Gasteiger partial charge in [-0.15, -0.1) is 0 Å². The molecule has 302 valence electrons. The van der Waals surface area contributed by atoms with Gasteiger partial charge in [-0.25, -0.2) is 9.97 Å². The summed E-state index contributed by atoms with van der Waals surface area (Å²) >= 11 is 0. The molecule has 3 heterocycles. The number of aromatic nitrogens is 4. The van der Waals surface area contributed by atoms with Crippen LogP contribution in [0.3, 0.4) is 0 Å². The molecule has 0 spiro atoms. The number of fused-ring (bicyclic) bond motifs is 6. The smallest absolute Gasteiger partial charge is 0.165 e. The summed E-state index contributed by atoms with van der Waals surface area (Å²) in [4.78, 5) is 14.4. The molecule has 0 fully saturated rings. The van der Waals surface area contributed by atoms with Crippen LogP contribution in [0.2, 0.25) is 0 Å². The van der Waals surface area contributed by atoms with Crippen LogP contribution in [0.1, 0.15) is 25.3 Å². The van der Waals surface area contributed by atoms with Gasteiger partial charge in [0.25, 0.3) is 0 Å². The quantitative estimate of drug-likeness (QED) is 0.119. The van der Waals surface area contributed by atoms with E-state index in [-0.39, 0.29) is 0 Å². The monoisotopic (exact) mass is 818 g/mol. The fraction of sp³-hybridized carbons (Fsp3) is 0.0500. The molecule has 0 amide bonds. The summed E-state index contributed by atoms with van der Waals surface area (Å²) in [5, 5.41) is 10.1. The van der Waals surface area contributed by atoms with Gasteiger partial charge in [-0.05, 0) is 148 Å². The summed E-state index contributed by atoms with van der Waals surface area (Å²) in [7, 11) is 0. The second-order valence-electron chi connectivity index (χ2n) is 17.0. The van der Waals surface area contributed by atoms with Crippen LogP contribution in [0, 0.1) is 0 Å². The Bertz CT molecular complexity index is 3720. The predicted octanol–water partition coefficient (Wildman–Crippen LogP) is 15.9. The molecule has 3 aromatic heterocycles. The fourth-order valence-electron chi connectivity index (χ4n) is 9.75. The third-order valence-electron chi connectivity index (χ3n) is 12.9. The molecular formula is C60H42N4. The van der Waals surface area contributed by atoms with Crippen LogP contribution >= 0.6 is 0 Å². The van der Waals surface area contributed by atoms with E-state index in [0.717, 1.165) is 45.1 Å². The molecule has 0 N–H and O–H groups in total. The van der Waals surface area contributed by atoms with Crippen molar-refractivity contribution in [1.82, 2.24) is 19.5 Å². The van der Waals surface area contributed by atoms with Crippen molar-refractivity contribution < 1.29 is 0 Å². The molecule has 4 heteroatoms. The highest BCUT2D eigenvalue weighted by atomic mass is 15.1. The number of rotatable bonds is 7. The molecule has 9 aromatic carbocycles. The summed E-state index contributed by atoms with van der Waals surface area (Å²) in [6.45, 7) is 4.58. The Morgan fingerprint density at radius 1 is 0.406 bits per heavy atom. The zero-order valence-electron chi connectivity index (χ0n) is 35.6. The summed E-state index contributed by atoms with van der Waals surface area (Å²) in [5.41, 5.74) is 13.6. The van der Waals surface area contributed by atoms with Crippen molar-refractivity contribution in [2.75, 3.05) is 0 Å². The third kappa shape index (κ3) is 6.26. The predicted molar refractivity (Wildman–Crippen MR) is 268 cm³/mol. The molecule has 0 saturated heterocycles. The minimum Gasteiger partial charge on any atom is -0.275 e. The maximum atomic E-state index is 5.05. The molecule has 0 saturated carbocycles. The molecule has 0 aliphatic heterocycles.